The van der Waals surface area contributed by atoms with Gasteiger partial charge in [-0.25, -0.2) is 8.42 Å². The second kappa shape index (κ2) is 18.4. The molecule has 0 aromatic heterocycles. The molecule has 4 aromatic carbocycles. The van der Waals surface area contributed by atoms with Gasteiger partial charge in [-0.15, -0.1) is 6.58 Å². The fraction of sp³-hybridized carbons (Fsp3) is 0.386. The summed E-state index contributed by atoms with van der Waals surface area (Å²) in [6.45, 7) is 9.87. The van der Waals surface area contributed by atoms with Crippen molar-refractivity contribution < 1.29 is 27.8 Å². The molecule has 4 aromatic rings. The van der Waals surface area contributed by atoms with Crippen LogP contribution in [-0.4, -0.2) is 55.6 Å². The van der Waals surface area contributed by atoms with Gasteiger partial charge >= 0.3 is 0 Å². The first-order valence-corrected chi connectivity index (χ1v) is 20.5. The van der Waals surface area contributed by atoms with Crippen molar-refractivity contribution in [1.29, 1.82) is 0 Å². The van der Waals surface area contributed by atoms with E-state index >= 15 is 0 Å². The first-order chi connectivity index (χ1) is 26.1. The number of amides is 1. The average Bonchev–Trinajstić information content (AvgIpc) is 3.73. The second-order valence-electron chi connectivity index (χ2n) is 14.6. The summed E-state index contributed by atoms with van der Waals surface area (Å²) >= 11 is 0. The highest BCUT2D eigenvalue weighted by Gasteiger charge is 2.40. The van der Waals surface area contributed by atoms with Crippen LogP contribution in [0, 0.1) is 12.8 Å². The number of hydrogen-bond acceptors (Lipinski definition) is 7. The SMILES string of the molecule is C=CCN(C[C@H]1O[C@@H](c2ccc(CNC(=O)[C@@H](Cc3ccccc3)NS(=O)(=O)c3ccc(C)cc3)cc2)O[C@@H](c2ccc(CO)cc2)[C@H]1C)C1CCCC1. The molecule has 5 atom stereocenters. The molecule has 286 valence electrons. The molecule has 1 heterocycles. The summed E-state index contributed by atoms with van der Waals surface area (Å²) in [6, 6.07) is 31.2. The summed E-state index contributed by atoms with van der Waals surface area (Å²) in [7, 11) is -3.95. The highest BCUT2D eigenvalue weighted by Crippen LogP contribution is 2.42. The monoisotopic (exact) mass is 751 g/mol. The number of aliphatic hydroxyl groups is 1. The molecule has 54 heavy (non-hydrogen) atoms. The zero-order chi connectivity index (χ0) is 38.1. The van der Waals surface area contributed by atoms with Crippen LogP contribution in [0.4, 0.5) is 0 Å². The summed E-state index contributed by atoms with van der Waals surface area (Å²) in [5.41, 5.74) is 5.38. The van der Waals surface area contributed by atoms with E-state index in [9.17, 15) is 18.3 Å². The molecule has 0 radical (unpaired) electrons. The molecular weight excluding hydrogens is 699 g/mol. The molecule has 0 bridgehead atoms. The molecule has 1 saturated carbocycles. The lowest BCUT2D eigenvalue weighted by molar-refractivity contribution is -0.276. The first kappa shape index (κ1) is 39.5. The van der Waals surface area contributed by atoms with E-state index in [1.54, 1.807) is 24.3 Å². The van der Waals surface area contributed by atoms with Crippen molar-refractivity contribution in [2.24, 2.45) is 5.92 Å². The number of aliphatic hydroxyl groups excluding tert-OH is 1. The Morgan fingerprint density at radius 2 is 1.54 bits per heavy atom. The first-order valence-electron chi connectivity index (χ1n) is 19.0. The Balaban J connectivity index is 1.16. The average molecular weight is 752 g/mol. The molecule has 10 heteroatoms. The van der Waals surface area contributed by atoms with Crippen molar-refractivity contribution in [3.8, 4) is 0 Å². The summed E-state index contributed by atoms with van der Waals surface area (Å²) in [5.74, 6) is -0.354. The van der Waals surface area contributed by atoms with E-state index in [0.29, 0.717) is 6.04 Å². The zero-order valence-corrected chi connectivity index (χ0v) is 32.1. The molecule has 2 fully saturated rings. The minimum Gasteiger partial charge on any atom is -0.392 e. The standard InChI is InChI=1S/C44H53N3O6S/c1-4-26-47(38-12-8-9-13-38)29-41-32(3)42(36-20-18-35(30-48)19-21-36)53-44(52-41)37-22-16-34(17-23-37)28-45-43(49)40(27-33-10-6-5-7-11-33)46-54(50,51)39-24-14-31(2)15-25-39/h4-7,10-11,14-25,32,38,40-42,44,46,48H,1,8-9,12-13,26-30H2,2-3H3,(H,45,49)/t32-,40+,41+,42+,44+/m0/s1. The fourth-order valence-electron chi connectivity index (χ4n) is 7.48. The number of rotatable bonds is 16. The molecule has 3 N–H and O–H groups in total. The third-order valence-corrected chi connectivity index (χ3v) is 12.2. The van der Waals surface area contributed by atoms with Gasteiger partial charge in [-0.1, -0.05) is 122 Å². The molecular formula is C44H53N3O6S. The molecule has 6 rings (SSSR count). The van der Waals surface area contributed by atoms with Gasteiger partial charge in [0, 0.05) is 37.2 Å². The molecule has 1 aliphatic heterocycles. The number of nitrogens with zero attached hydrogens (tertiary/aromatic N) is 1. The third-order valence-electron chi connectivity index (χ3n) is 10.7. The van der Waals surface area contributed by atoms with Crippen LogP contribution in [0.3, 0.4) is 0 Å². The highest BCUT2D eigenvalue weighted by atomic mass is 32.2. The summed E-state index contributed by atoms with van der Waals surface area (Å²) < 4.78 is 42.7. The van der Waals surface area contributed by atoms with Crippen LogP contribution in [0.2, 0.25) is 0 Å². The Hall–Kier alpha value is -4.16. The van der Waals surface area contributed by atoms with Crippen LogP contribution in [0.1, 0.15) is 78.4 Å². The Morgan fingerprint density at radius 3 is 2.19 bits per heavy atom. The van der Waals surface area contributed by atoms with Gasteiger partial charge < -0.3 is 19.9 Å². The van der Waals surface area contributed by atoms with E-state index < -0.39 is 28.3 Å². The molecule has 0 unspecified atom stereocenters. The zero-order valence-electron chi connectivity index (χ0n) is 31.3. The fourth-order valence-corrected chi connectivity index (χ4v) is 8.68. The van der Waals surface area contributed by atoms with E-state index in [-0.39, 0.29) is 42.6 Å². The largest absolute Gasteiger partial charge is 0.392 e. The van der Waals surface area contributed by atoms with Crippen molar-refractivity contribution in [3.63, 3.8) is 0 Å². The Kier molecular flexibility index (Phi) is 13.5. The summed E-state index contributed by atoms with van der Waals surface area (Å²) in [6.07, 6.45) is 6.10. The van der Waals surface area contributed by atoms with E-state index in [1.807, 2.05) is 91.9 Å². The lowest BCUT2D eigenvalue weighted by Gasteiger charge is -2.43. The second-order valence-corrected chi connectivity index (χ2v) is 16.4. The Bertz CT molecular complexity index is 1910. The number of nitrogens with one attached hydrogen (secondary N) is 2. The number of carbonyl (C=O) groups is 1. The number of sulfonamides is 1. The van der Waals surface area contributed by atoms with Crippen molar-refractivity contribution in [2.45, 2.75) is 94.6 Å². The van der Waals surface area contributed by atoms with E-state index in [1.165, 1.54) is 25.7 Å². The van der Waals surface area contributed by atoms with Crippen LogP contribution in [0.25, 0.3) is 0 Å². The van der Waals surface area contributed by atoms with Gasteiger partial charge in [0.25, 0.3) is 0 Å². The quantitative estimate of drug-likeness (QED) is 0.107. The minimum atomic E-state index is -3.95. The van der Waals surface area contributed by atoms with Crippen LogP contribution in [0.15, 0.2) is 121 Å². The normalized spacial score (nSPS) is 21.2. The van der Waals surface area contributed by atoms with Gasteiger partial charge in [0.2, 0.25) is 15.9 Å². The molecule has 9 nitrogen and oxygen atoms in total. The molecule has 1 amide bonds. The van der Waals surface area contributed by atoms with Crippen molar-refractivity contribution in [2.75, 3.05) is 13.1 Å². The van der Waals surface area contributed by atoms with E-state index in [0.717, 1.165) is 46.5 Å². The van der Waals surface area contributed by atoms with E-state index in [2.05, 4.69) is 28.4 Å². The predicted octanol–water partition coefficient (Wildman–Crippen LogP) is 6.92. The third kappa shape index (κ3) is 10.1. The van der Waals surface area contributed by atoms with Gasteiger partial charge in [-0.2, -0.15) is 4.72 Å². The lowest BCUT2D eigenvalue weighted by Crippen LogP contribution is -2.47. The predicted molar refractivity (Wildman–Crippen MR) is 211 cm³/mol. The number of hydrogen-bond donors (Lipinski definition) is 3. The molecule has 0 spiro atoms. The van der Waals surface area contributed by atoms with Crippen LogP contribution in [-0.2, 0) is 43.9 Å². The Morgan fingerprint density at radius 1 is 0.889 bits per heavy atom. The number of ether oxygens (including phenoxy) is 2. The summed E-state index contributed by atoms with van der Waals surface area (Å²) in [4.78, 5) is 16.2. The van der Waals surface area contributed by atoms with Gasteiger partial charge in [0.15, 0.2) is 6.29 Å². The van der Waals surface area contributed by atoms with Crippen molar-refractivity contribution >= 4 is 15.9 Å². The maximum absolute atomic E-state index is 13.6. The molecule has 1 aliphatic carbocycles. The molecule has 1 saturated heterocycles. The van der Waals surface area contributed by atoms with Crippen molar-refractivity contribution in [3.05, 3.63) is 149 Å². The molecule has 2 aliphatic rings. The van der Waals surface area contributed by atoms with Gasteiger partial charge in [0.05, 0.1) is 23.7 Å². The van der Waals surface area contributed by atoms with Crippen molar-refractivity contribution in [1.82, 2.24) is 14.9 Å². The Labute approximate surface area is 320 Å². The van der Waals surface area contributed by atoms with E-state index in [4.69, 9.17) is 9.47 Å². The lowest BCUT2D eigenvalue weighted by atomic mass is 9.89. The van der Waals surface area contributed by atoms with Gasteiger partial charge in [-0.3, -0.25) is 9.69 Å². The van der Waals surface area contributed by atoms with Gasteiger partial charge in [-0.05, 0) is 60.6 Å². The number of aryl methyl sites for hydroxylation is 1. The minimum absolute atomic E-state index is 0.0167. The smallest absolute Gasteiger partial charge is 0.241 e. The maximum Gasteiger partial charge on any atom is 0.241 e. The van der Waals surface area contributed by atoms with Crippen LogP contribution >= 0.6 is 0 Å². The topological polar surface area (TPSA) is 117 Å². The highest BCUT2D eigenvalue weighted by molar-refractivity contribution is 7.89. The van der Waals surface area contributed by atoms with Gasteiger partial charge in [0.1, 0.15) is 6.04 Å². The maximum atomic E-state index is 13.6. The number of benzene rings is 4. The van der Waals surface area contributed by atoms with Crippen LogP contribution < -0.4 is 10.0 Å². The van der Waals surface area contributed by atoms with Crippen LogP contribution in [0.5, 0.6) is 0 Å². The summed E-state index contributed by atoms with van der Waals surface area (Å²) in [5, 5.41) is 12.6. The number of carbonyl (C=O) groups excluding carboxylic acids is 1.